The first kappa shape index (κ1) is 23.1. The standard InChI is InChI=1S/C33H35NO3/c1-21-18-27-25(20-28(21)34-14-16-37-17-15-34)29-26-19-24(22-10-6-4-7-11-22)32(35-2)31(26)33(27,36-3)30(29)23-12-8-5-9-13-23/h4-13,19,24,29-30H,14-18,20H2,1-3H3/t24-,29+,30+,33-/m1/s1. The lowest BCUT2D eigenvalue weighted by Gasteiger charge is -2.40. The summed E-state index contributed by atoms with van der Waals surface area (Å²) in [6.07, 6.45) is 4.44. The van der Waals surface area contributed by atoms with Crippen LogP contribution in [0.15, 0.2) is 106 Å². The summed E-state index contributed by atoms with van der Waals surface area (Å²) in [5.41, 5.74) is 10.8. The van der Waals surface area contributed by atoms with E-state index in [4.69, 9.17) is 14.2 Å². The summed E-state index contributed by atoms with van der Waals surface area (Å²) in [6, 6.07) is 21.8. The van der Waals surface area contributed by atoms with Gasteiger partial charge in [-0.15, -0.1) is 0 Å². The molecule has 2 fully saturated rings. The number of hydrogen-bond acceptors (Lipinski definition) is 4. The number of ether oxygens (including phenoxy) is 3. The molecule has 0 radical (unpaired) electrons. The van der Waals surface area contributed by atoms with Crippen molar-refractivity contribution in [2.75, 3.05) is 40.5 Å². The van der Waals surface area contributed by atoms with E-state index in [-0.39, 0.29) is 11.8 Å². The zero-order valence-electron chi connectivity index (χ0n) is 22.0. The van der Waals surface area contributed by atoms with Crippen molar-refractivity contribution >= 4 is 0 Å². The van der Waals surface area contributed by atoms with Crippen molar-refractivity contribution in [3.63, 3.8) is 0 Å². The molecule has 190 valence electrons. The molecular weight excluding hydrogens is 458 g/mol. The van der Waals surface area contributed by atoms with Gasteiger partial charge < -0.3 is 19.1 Å². The minimum absolute atomic E-state index is 0.124. The molecule has 1 heterocycles. The quantitative estimate of drug-likeness (QED) is 0.470. The summed E-state index contributed by atoms with van der Waals surface area (Å²) >= 11 is 0. The lowest BCUT2D eigenvalue weighted by Crippen LogP contribution is -2.40. The summed E-state index contributed by atoms with van der Waals surface area (Å²) in [5, 5.41) is 0. The lowest BCUT2D eigenvalue weighted by molar-refractivity contribution is 0.0405. The van der Waals surface area contributed by atoms with E-state index >= 15 is 0 Å². The Morgan fingerprint density at radius 2 is 1.57 bits per heavy atom. The summed E-state index contributed by atoms with van der Waals surface area (Å²) in [6.45, 7) is 5.92. The van der Waals surface area contributed by atoms with Crippen molar-refractivity contribution in [3.8, 4) is 0 Å². The van der Waals surface area contributed by atoms with Gasteiger partial charge in [-0.3, -0.25) is 0 Å². The van der Waals surface area contributed by atoms with Gasteiger partial charge in [0.15, 0.2) is 0 Å². The smallest absolute Gasteiger partial charge is 0.126 e. The molecule has 0 spiro atoms. The largest absolute Gasteiger partial charge is 0.500 e. The second-order valence-electron chi connectivity index (χ2n) is 10.9. The summed E-state index contributed by atoms with van der Waals surface area (Å²) in [4.78, 5) is 2.57. The first-order chi connectivity index (χ1) is 18.2. The lowest BCUT2D eigenvalue weighted by atomic mass is 9.74. The predicted octanol–water partition coefficient (Wildman–Crippen LogP) is 6.12. The van der Waals surface area contributed by atoms with Gasteiger partial charge >= 0.3 is 0 Å². The highest BCUT2D eigenvalue weighted by Gasteiger charge is 2.67. The van der Waals surface area contributed by atoms with Gasteiger partial charge in [0, 0.05) is 49.7 Å². The zero-order chi connectivity index (χ0) is 25.1. The molecule has 0 N–H and O–H groups in total. The number of allylic oxidation sites excluding steroid dienone is 3. The number of benzene rings is 2. The number of methoxy groups -OCH3 is 2. The van der Waals surface area contributed by atoms with Gasteiger partial charge in [-0.25, -0.2) is 0 Å². The highest BCUT2D eigenvalue weighted by atomic mass is 16.5. The third-order valence-electron chi connectivity index (χ3n) is 9.40. The van der Waals surface area contributed by atoms with Crippen molar-refractivity contribution in [3.05, 3.63) is 117 Å². The van der Waals surface area contributed by atoms with Crippen molar-refractivity contribution in [1.29, 1.82) is 0 Å². The van der Waals surface area contributed by atoms with Crippen LogP contribution in [0.5, 0.6) is 0 Å². The van der Waals surface area contributed by atoms with E-state index in [1.807, 2.05) is 14.2 Å². The number of hydrogen-bond donors (Lipinski definition) is 0. The normalized spacial score (nSPS) is 30.6. The predicted molar refractivity (Wildman–Crippen MR) is 145 cm³/mol. The molecule has 4 aliphatic carbocycles. The van der Waals surface area contributed by atoms with E-state index in [9.17, 15) is 0 Å². The third kappa shape index (κ3) is 3.15. The average molecular weight is 494 g/mol. The Kier molecular flexibility index (Phi) is 5.45. The Morgan fingerprint density at radius 1 is 0.892 bits per heavy atom. The number of nitrogens with zero attached hydrogens (tertiary/aromatic N) is 1. The fourth-order valence-electron chi connectivity index (χ4n) is 7.97. The monoisotopic (exact) mass is 493 g/mol. The van der Waals surface area contributed by atoms with Crippen LogP contribution in [0.2, 0.25) is 0 Å². The third-order valence-corrected chi connectivity index (χ3v) is 9.40. The molecule has 1 aliphatic heterocycles. The highest BCUT2D eigenvalue weighted by molar-refractivity contribution is 5.73. The van der Waals surface area contributed by atoms with E-state index in [0.29, 0.717) is 5.92 Å². The summed E-state index contributed by atoms with van der Waals surface area (Å²) in [5.74, 6) is 1.71. The maximum absolute atomic E-state index is 6.79. The Labute approximate surface area is 219 Å². The van der Waals surface area contributed by atoms with Crippen LogP contribution in [-0.4, -0.2) is 51.0 Å². The van der Waals surface area contributed by atoms with Gasteiger partial charge in [0.25, 0.3) is 0 Å². The molecular formula is C33H35NO3. The first-order valence-electron chi connectivity index (χ1n) is 13.6. The molecule has 4 heteroatoms. The Hall–Kier alpha value is -3.08. The van der Waals surface area contributed by atoms with Crippen LogP contribution in [0.4, 0.5) is 0 Å². The molecule has 1 saturated heterocycles. The van der Waals surface area contributed by atoms with Crippen molar-refractivity contribution < 1.29 is 14.2 Å². The Morgan fingerprint density at radius 3 is 2.22 bits per heavy atom. The van der Waals surface area contributed by atoms with Crippen LogP contribution in [0.25, 0.3) is 0 Å². The van der Waals surface area contributed by atoms with Crippen molar-refractivity contribution in [1.82, 2.24) is 4.90 Å². The van der Waals surface area contributed by atoms with E-state index in [2.05, 4.69) is 78.6 Å². The molecule has 37 heavy (non-hydrogen) atoms. The second kappa shape index (κ2) is 8.75. The minimum atomic E-state index is -0.500. The van der Waals surface area contributed by atoms with Gasteiger partial charge in [0.05, 0.1) is 26.2 Å². The number of morpholine rings is 1. The molecule has 4 atom stereocenters. The molecule has 2 aromatic rings. The van der Waals surface area contributed by atoms with Crippen LogP contribution < -0.4 is 0 Å². The summed E-state index contributed by atoms with van der Waals surface area (Å²) in [7, 11) is 3.75. The Balaban J connectivity index is 1.40. The van der Waals surface area contributed by atoms with Gasteiger partial charge in [-0.05, 0) is 41.2 Å². The van der Waals surface area contributed by atoms with Gasteiger partial charge in [0.1, 0.15) is 11.4 Å². The van der Waals surface area contributed by atoms with Crippen molar-refractivity contribution in [2.45, 2.75) is 37.2 Å². The molecule has 2 bridgehead atoms. The van der Waals surface area contributed by atoms with Crippen LogP contribution in [0, 0.1) is 5.92 Å². The van der Waals surface area contributed by atoms with Gasteiger partial charge in [-0.1, -0.05) is 72.3 Å². The van der Waals surface area contributed by atoms with Crippen LogP contribution >= 0.6 is 0 Å². The molecule has 1 saturated carbocycles. The fraction of sp³-hybridized carbons (Fsp3) is 0.394. The van der Waals surface area contributed by atoms with E-state index < -0.39 is 5.60 Å². The Bertz CT molecular complexity index is 1350. The average Bonchev–Trinajstić information content (AvgIpc) is 3.57. The van der Waals surface area contributed by atoms with Crippen LogP contribution in [-0.2, 0) is 14.2 Å². The molecule has 2 aromatic carbocycles. The van der Waals surface area contributed by atoms with Gasteiger partial charge in [0.2, 0.25) is 0 Å². The van der Waals surface area contributed by atoms with Crippen molar-refractivity contribution in [2.24, 2.45) is 5.92 Å². The number of fused-ring (bicyclic) bond motifs is 7. The molecule has 0 unspecified atom stereocenters. The topological polar surface area (TPSA) is 30.9 Å². The van der Waals surface area contributed by atoms with Gasteiger partial charge in [-0.2, -0.15) is 0 Å². The van der Waals surface area contributed by atoms with E-state index in [1.54, 1.807) is 5.57 Å². The second-order valence-corrected chi connectivity index (χ2v) is 10.9. The highest BCUT2D eigenvalue weighted by Crippen LogP contribution is 2.71. The maximum atomic E-state index is 6.79. The molecule has 0 amide bonds. The van der Waals surface area contributed by atoms with Crippen LogP contribution in [0.1, 0.15) is 42.7 Å². The molecule has 4 nitrogen and oxygen atoms in total. The van der Waals surface area contributed by atoms with E-state index in [1.165, 1.54) is 39.1 Å². The minimum Gasteiger partial charge on any atom is -0.500 e. The molecule has 5 aliphatic rings. The SMILES string of the molecule is COC1=C2C(=C[C@@H]1c1ccccc1)[C@@H]1C3=C(CC(C)=C(N4CCOCC4)C3)[C@@]2(OC)[C@H]1c1ccccc1. The van der Waals surface area contributed by atoms with E-state index in [0.717, 1.165) is 44.9 Å². The summed E-state index contributed by atoms with van der Waals surface area (Å²) < 4.78 is 18.7. The molecule has 7 rings (SSSR count). The zero-order valence-corrected chi connectivity index (χ0v) is 22.0. The molecule has 0 aromatic heterocycles. The first-order valence-corrected chi connectivity index (χ1v) is 13.6. The maximum Gasteiger partial charge on any atom is 0.126 e. The number of rotatable bonds is 5. The van der Waals surface area contributed by atoms with Crippen LogP contribution in [0.3, 0.4) is 0 Å². The fourth-order valence-corrected chi connectivity index (χ4v) is 7.97.